The number of amides is 1. The number of aliphatic imine (C=N–C) groups is 1. The molecule has 3 rings (SSSR count). The van der Waals surface area contributed by atoms with Crippen molar-refractivity contribution >= 4 is 11.9 Å². The van der Waals surface area contributed by atoms with E-state index in [0.717, 1.165) is 58.0 Å². The van der Waals surface area contributed by atoms with Crippen molar-refractivity contribution in [2.24, 2.45) is 10.9 Å². The van der Waals surface area contributed by atoms with Crippen molar-refractivity contribution in [3.8, 4) is 0 Å². The Morgan fingerprint density at radius 3 is 2.89 bits per heavy atom. The summed E-state index contributed by atoms with van der Waals surface area (Å²) in [6.07, 6.45) is 4.05. The van der Waals surface area contributed by atoms with Crippen LogP contribution in [0.2, 0.25) is 0 Å². The number of nitrogens with zero attached hydrogens (tertiary/aromatic N) is 2. The Hall–Kier alpha value is -2.08. The molecule has 0 spiro atoms. The Bertz CT molecular complexity index is 614. The summed E-state index contributed by atoms with van der Waals surface area (Å²) in [4.78, 5) is 19.0. The molecule has 2 aliphatic heterocycles. The standard InChI is InChI=1S/C21H32N4O2/c1-2-22-21(24-15-19-9-6-12-27-19)23-14-18-13-20(26)25(16-18)11-10-17-7-4-3-5-8-17/h3-5,7-8,18-19H,2,6,9-16H2,1H3,(H2,22,23,24). The normalized spacial score (nSPS) is 23.1. The number of nitrogens with one attached hydrogen (secondary N) is 2. The zero-order chi connectivity index (χ0) is 18.9. The monoisotopic (exact) mass is 372 g/mol. The molecule has 6 heteroatoms. The lowest BCUT2D eigenvalue weighted by Gasteiger charge is -2.17. The molecule has 0 saturated carbocycles. The molecule has 1 aromatic carbocycles. The second-order valence-corrected chi connectivity index (χ2v) is 7.38. The van der Waals surface area contributed by atoms with Crippen molar-refractivity contribution in [2.45, 2.75) is 38.7 Å². The van der Waals surface area contributed by atoms with Gasteiger partial charge in [0, 0.05) is 51.7 Å². The number of carbonyl (C=O) groups excluding carboxylic acids is 1. The smallest absolute Gasteiger partial charge is 0.223 e. The Morgan fingerprint density at radius 2 is 2.15 bits per heavy atom. The molecule has 2 heterocycles. The Labute approximate surface area is 162 Å². The highest BCUT2D eigenvalue weighted by Crippen LogP contribution is 2.18. The maximum Gasteiger partial charge on any atom is 0.223 e. The van der Waals surface area contributed by atoms with Gasteiger partial charge in [0.15, 0.2) is 5.96 Å². The first kappa shape index (κ1) is 19.7. The fourth-order valence-electron chi connectivity index (χ4n) is 3.68. The van der Waals surface area contributed by atoms with Crippen LogP contribution in [0.25, 0.3) is 0 Å². The molecule has 2 atom stereocenters. The summed E-state index contributed by atoms with van der Waals surface area (Å²) < 4.78 is 5.65. The van der Waals surface area contributed by atoms with Gasteiger partial charge in [-0.3, -0.25) is 9.79 Å². The van der Waals surface area contributed by atoms with Crippen LogP contribution >= 0.6 is 0 Å². The topological polar surface area (TPSA) is 66.0 Å². The molecule has 0 aromatic heterocycles. The summed E-state index contributed by atoms with van der Waals surface area (Å²) in [5.74, 6) is 1.37. The molecule has 27 heavy (non-hydrogen) atoms. The highest BCUT2D eigenvalue weighted by molar-refractivity contribution is 5.80. The van der Waals surface area contributed by atoms with Gasteiger partial charge in [0.1, 0.15) is 0 Å². The van der Waals surface area contributed by atoms with Crippen LogP contribution in [0.5, 0.6) is 0 Å². The van der Waals surface area contributed by atoms with Gasteiger partial charge in [0.2, 0.25) is 5.91 Å². The minimum Gasteiger partial charge on any atom is -0.376 e. The summed E-state index contributed by atoms with van der Waals surface area (Å²) >= 11 is 0. The molecule has 2 saturated heterocycles. The van der Waals surface area contributed by atoms with Crippen LogP contribution in [0.4, 0.5) is 0 Å². The SMILES string of the molecule is CCNC(=NCC1CC(=O)N(CCc2ccccc2)C1)NCC1CCCO1. The van der Waals surface area contributed by atoms with Gasteiger partial charge in [-0.2, -0.15) is 0 Å². The van der Waals surface area contributed by atoms with Crippen LogP contribution in [0.15, 0.2) is 35.3 Å². The van der Waals surface area contributed by atoms with E-state index < -0.39 is 0 Å². The van der Waals surface area contributed by atoms with E-state index >= 15 is 0 Å². The number of carbonyl (C=O) groups is 1. The third-order valence-corrected chi connectivity index (χ3v) is 5.18. The van der Waals surface area contributed by atoms with Crippen LogP contribution < -0.4 is 10.6 Å². The average molecular weight is 373 g/mol. The van der Waals surface area contributed by atoms with Crippen molar-refractivity contribution in [3.63, 3.8) is 0 Å². The number of benzene rings is 1. The van der Waals surface area contributed by atoms with Gasteiger partial charge >= 0.3 is 0 Å². The first-order chi connectivity index (χ1) is 13.2. The largest absolute Gasteiger partial charge is 0.376 e. The van der Waals surface area contributed by atoms with E-state index in [9.17, 15) is 4.79 Å². The summed E-state index contributed by atoms with van der Waals surface area (Å²) in [6, 6.07) is 10.3. The molecule has 1 aromatic rings. The highest BCUT2D eigenvalue weighted by Gasteiger charge is 2.29. The molecule has 148 valence electrons. The third kappa shape index (κ3) is 6.24. The summed E-state index contributed by atoms with van der Waals surface area (Å²) in [6.45, 7) is 6.81. The molecule has 0 radical (unpaired) electrons. The van der Waals surface area contributed by atoms with Gasteiger partial charge in [-0.15, -0.1) is 0 Å². The second-order valence-electron chi connectivity index (χ2n) is 7.38. The minimum atomic E-state index is 0.253. The Kier molecular flexibility index (Phi) is 7.51. The Balaban J connectivity index is 1.44. The number of likely N-dealkylation sites (tertiary alicyclic amines) is 1. The summed E-state index contributed by atoms with van der Waals surface area (Å²) in [5, 5.41) is 6.66. The van der Waals surface area contributed by atoms with E-state index in [4.69, 9.17) is 9.73 Å². The number of guanidine groups is 1. The fraction of sp³-hybridized carbons (Fsp3) is 0.619. The van der Waals surface area contributed by atoms with Crippen molar-refractivity contribution < 1.29 is 9.53 Å². The van der Waals surface area contributed by atoms with E-state index in [-0.39, 0.29) is 12.0 Å². The van der Waals surface area contributed by atoms with Crippen LogP contribution in [0, 0.1) is 5.92 Å². The van der Waals surface area contributed by atoms with Crippen LogP contribution in [0.1, 0.15) is 31.7 Å². The molecule has 2 N–H and O–H groups in total. The van der Waals surface area contributed by atoms with Gasteiger partial charge in [0.25, 0.3) is 0 Å². The zero-order valence-corrected chi connectivity index (χ0v) is 16.3. The van der Waals surface area contributed by atoms with Crippen LogP contribution in [-0.4, -0.2) is 62.2 Å². The second kappa shape index (κ2) is 10.3. The van der Waals surface area contributed by atoms with Gasteiger partial charge < -0.3 is 20.3 Å². The first-order valence-electron chi connectivity index (χ1n) is 10.2. The molecular formula is C21H32N4O2. The number of hydrogen-bond donors (Lipinski definition) is 2. The Morgan fingerprint density at radius 1 is 1.30 bits per heavy atom. The predicted octanol–water partition coefficient (Wildman–Crippen LogP) is 1.81. The molecular weight excluding hydrogens is 340 g/mol. The zero-order valence-electron chi connectivity index (χ0n) is 16.3. The number of hydrogen-bond acceptors (Lipinski definition) is 3. The molecule has 2 unspecified atom stereocenters. The fourth-order valence-corrected chi connectivity index (χ4v) is 3.68. The molecule has 2 fully saturated rings. The highest BCUT2D eigenvalue weighted by atomic mass is 16.5. The quantitative estimate of drug-likeness (QED) is 0.540. The predicted molar refractivity (Wildman–Crippen MR) is 108 cm³/mol. The maximum absolute atomic E-state index is 12.3. The molecule has 6 nitrogen and oxygen atoms in total. The van der Waals surface area contributed by atoms with E-state index in [1.54, 1.807) is 0 Å². The van der Waals surface area contributed by atoms with E-state index in [0.29, 0.717) is 18.9 Å². The van der Waals surface area contributed by atoms with Crippen molar-refractivity contribution in [1.82, 2.24) is 15.5 Å². The molecule has 0 aliphatic carbocycles. The van der Waals surface area contributed by atoms with Gasteiger partial charge in [-0.25, -0.2) is 0 Å². The lowest BCUT2D eigenvalue weighted by Crippen LogP contribution is -2.41. The first-order valence-corrected chi connectivity index (χ1v) is 10.2. The van der Waals surface area contributed by atoms with Gasteiger partial charge in [0.05, 0.1) is 6.10 Å². The van der Waals surface area contributed by atoms with E-state index in [1.807, 2.05) is 23.1 Å². The minimum absolute atomic E-state index is 0.253. The van der Waals surface area contributed by atoms with Crippen LogP contribution in [0.3, 0.4) is 0 Å². The van der Waals surface area contributed by atoms with Crippen molar-refractivity contribution in [2.75, 3.05) is 39.3 Å². The summed E-state index contributed by atoms with van der Waals surface area (Å²) in [5.41, 5.74) is 1.28. The van der Waals surface area contributed by atoms with Crippen molar-refractivity contribution in [1.29, 1.82) is 0 Å². The van der Waals surface area contributed by atoms with E-state index in [1.165, 1.54) is 5.56 Å². The number of rotatable bonds is 8. The maximum atomic E-state index is 12.3. The average Bonchev–Trinajstić information content (AvgIpc) is 3.33. The lowest BCUT2D eigenvalue weighted by atomic mass is 10.1. The van der Waals surface area contributed by atoms with Crippen LogP contribution in [-0.2, 0) is 16.0 Å². The molecule has 0 bridgehead atoms. The van der Waals surface area contributed by atoms with Gasteiger partial charge in [-0.1, -0.05) is 30.3 Å². The van der Waals surface area contributed by atoms with Crippen molar-refractivity contribution in [3.05, 3.63) is 35.9 Å². The van der Waals surface area contributed by atoms with E-state index in [2.05, 4.69) is 29.7 Å². The molecule has 2 aliphatic rings. The van der Waals surface area contributed by atoms with Gasteiger partial charge in [-0.05, 0) is 31.7 Å². The molecule has 1 amide bonds. The third-order valence-electron chi connectivity index (χ3n) is 5.18. The lowest BCUT2D eigenvalue weighted by molar-refractivity contribution is -0.127. The summed E-state index contributed by atoms with van der Waals surface area (Å²) in [7, 11) is 0. The number of ether oxygens (including phenoxy) is 1.